The number of amides is 2. The second-order valence-corrected chi connectivity index (χ2v) is 9.04. The zero-order valence-electron chi connectivity index (χ0n) is 16.5. The number of thiophene rings is 1. The molecule has 0 unspecified atom stereocenters. The van der Waals surface area contributed by atoms with Crippen molar-refractivity contribution < 1.29 is 9.59 Å². The minimum absolute atomic E-state index is 0.0420. The van der Waals surface area contributed by atoms with Crippen LogP contribution in [0.2, 0.25) is 0 Å². The van der Waals surface area contributed by atoms with Crippen LogP contribution in [-0.2, 0) is 29.5 Å². The second kappa shape index (κ2) is 9.09. The second-order valence-electron chi connectivity index (χ2n) is 7.02. The maximum absolute atomic E-state index is 12.9. The molecule has 1 atom stereocenters. The largest absolute Gasteiger partial charge is 0.354 e. The highest BCUT2D eigenvalue weighted by Crippen LogP contribution is 2.34. The number of nitrogens with zero attached hydrogens (tertiary/aromatic N) is 2. The Morgan fingerprint density at radius 1 is 1.32 bits per heavy atom. The number of nitrogens with one attached hydrogen (secondary N) is 2. The summed E-state index contributed by atoms with van der Waals surface area (Å²) in [5.74, 6) is -0.359. The number of aryl methyl sites for hydroxylation is 2. The van der Waals surface area contributed by atoms with Gasteiger partial charge in [-0.2, -0.15) is 0 Å². The molecule has 0 spiro atoms. The number of hydrogen-bond donors (Lipinski definition) is 2. The Morgan fingerprint density at radius 3 is 2.82 bits per heavy atom. The molecule has 1 aliphatic carbocycles. The molecule has 0 saturated heterocycles. The van der Waals surface area contributed by atoms with Crippen molar-refractivity contribution in [1.29, 1.82) is 0 Å². The van der Waals surface area contributed by atoms with Crippen LogP contribution in [0.5, 0.6) is 0 Å². The Morgan fingerprint density at radius 2 is 2.07 bits per heavy atom. The summed E-state index contributed by atoms with van der Waals surface area (Å²) in [5, 5.41) is 6.71. The SMILES string of the molecule is CCCNC(=O)[C@H](C)NC(=O)CSc1nc2sc3c(c2c(=O)n1C)CCCC3. The van der Waals surface area contributed by atoms with E-state index < -0.39 is 6.04 Å². The third-order valence-corrected chi connectivity index (χ3v) is 7.02. The maximum Gasteiger partial charge on any atom is 0.262 e. The lowest BCUT2D eigenvalue weighted by Crippen LogP contribution is -2.45. The molecular weight excluding hydrogens is 396 g/mol. The van der Waals surface area contributed by atoms with E-state index in [4.69, 9.17) is 0 Å². The lowest BCUT2D eigenvalue weighted by molar-refractivity contribution is -0.127. The molecule has 152 valence electrons. The molecule has 9 heteroatoms. The highest BCUT2D eigenvalue weighted by atomic mass is 32.2. The summed E-state index contributed by atoms with van der Waals surface area (Å²) in [7, 11) is 1.70. The van der Waals surface area contributed by atoms with Gasteiger partial charge in [-0.3, -0.25) is 19.0 Å². The Kier molecular flexibility index (Phi) is 6.77. The van der Waals surface area contributed by atoms with Crippen LogP contribution in [0.1, 0.15) is 43.6 Å². The normalized spacial score (nSPS) is 14.5. The number of thioether (sulfide) groups is 1. The molecular formula is C19H26N4O3S2. The van der Waals surface area contributed by atoms with Crippen molar-refractivity contribution in [3.63, 3.8) is 0 Å². The van der Waals surface area contributed by atoms with E-state index in [1.807, 2.05) is 6.92 Å². The third kappa shape index (κ3) is 4.41. The summed E-state index contributed by atoms with van der Waals surface area (Å²) in [6.45, 7) is 4.21. The van der Waals surface area contributed by atoms with E-state index in [1.165, 1.54) is 26.8 Å². The monoisotopic (exact) mass is 422 g/mol. The van der Waals surface area contributed by atoms with Crippen molar-refractivity contribution in [3.8, 4) is 0 Å². The van der Waals surface area contributed by atoms with Gasteiger partial charge in [-0.05, 0) is 44.6 Å². The van der Waals surface area contributed by atoms with Crippen molar-refractivity contribution in [3.05, 3.63) is 20.8 Å². The topological polar surface area (TPSA) is 93.1 Å². The third-order valence-electron chi connectivity index (χ3n) is 4.81. The molecule has 0 bridgehead atoms. The predicted molar refractivity (Wildman–Crippen MR) is 113 cm³/mol. The molecule has 7 nitrogen and oxygen atoms in total. The van der Waals surface area contributed by atoms with Crippen LogP contribution in [0, 0.1) is 0 Å². The van der Waals surface area contributed by atoms with Crippen LogP contribution < -0.4 is 16.2 Å². The quantitative estimate of drug-likeness (QED) is 0.526. The molecule has 2 N–H and O–H groups in total. The molecule has 0 aromatic carbocycles. The fourth-order valence-corrected chi connectivity index (χ4v) is 5.36. The van der Waals surface area contributed by atoms with Crippen molar-refractivity contribution in [1.82, 2.24) is 20.2 Å². The van der Waals surface area contributed by atoms with Crippen molar-refractivity contribution >= 4 is 45.1 Å². The van der Waals surface area contributed by atoms with Gasteiger partial charge < -0.3 is 10.6 Å². The van der Waals surface area contributed by atoms with E-state index in [9.17, 15) is 14.4 Å². The summed E-state index contributed by atoms with van der Waals surface area (Å²) >= 11 is 2.82. The first-order chi connectivity index (χ1) is 13.4. The fraction of sp³-hybridized carbons (Fsp3) is 0.579. The number of carbonyl (C=O) groups excluding carboxylic acids is 2. The van der Waals surface area contributed by atoms with Gasteiger partial charge in [0.05, 0.1) is 11.1 Å². The number of hydrogen-bond acceptors (Lipinski definition) is 6. The Bertz CT molecular complexity index is 951. The van der Waals surface area contributed by atoms with Crippen LogP contribution >= 0.6 is 23.1 Å². The van der Waals surface area contributed by atoms with Crippen LogP contribution in [-0.4, -0.2) is 39.7 Å². The van der Waals surface area contributed by atoms with Gasteiger partial charge in [0, 0.05) is 18.5 Å². The smallest absolute Gasteiger partial charge is 0.262 e. The van der Waals surface area contributed by atoms with E-state index in [2.05, 4.69) is 15.6 Å². The molecule has 0 saturated carbocycles. The first-order valence-corrected chi connectivity index (χ1v) is 11.4. The van der Waals surface area contributed by atoms with Crippen LogP contribution in [0.4, 0.5) is 0 Å². The van der Waals surface area contributed by atoms with E-state index in [1.54, 1.807) is 25.3 Å². The Balaban J connectivity index is 1.69. The molecule has 2 aromatic heterocycles. The molecule has 0 aliphatic heterocycles. The van der Waals surface area contributed by atoms with Gasteiger partial charge >= 0.3 is 0 Å². The lowest BCUT2D eigenvalue weighted by Gasteiger charge is -2.14. The van der Waals surface area contributed by atoms with Gasteiger partial charge in [0.15, 0.2) is 5.16 Å². The summed E-state index contributed by atoms with van der Waals surface area (Å²) in [5.41, 5.74) is 1.13. The van der Waals surface area contributed by atoms with Crippen molar-refractivity contribution in [2.24, 2.45) is 7.05 Å². The highest BCUT2D eigenvalue weighted by molar-refractivity contribution is 7.99. The van der Waals surface area contributed by atoms with Crippen molar-refractivity contribution in [2.75, 3.05) is 12.3 Å². The zero-order chi connectivity index (χ0) is 20.3. The zero-order valence-corrected chi connectivity index (χ0v) is 18.1. The number of fused-ring (bicyclic) bond motifs is 3. The molecule has 28 heavy (non-hydrogen) atoms. The lowest BCUT2D eigenvalue weighted by atomic mass is 9.97. The van der Waals surface area contributed by atoms with Gasteiger partial charge in [0.25, 0.3) is 5.56 Å². The van der Waals surface area contributed by atoms with E-state index in [0.29, 0.717) is 11.7 Å². The Hall–Kier alpha value is -1.87. The summed E-state index contributed by atoms with van der Waals surface area (Å²) < 4.78 is 1.53. The van der Waals surface area contributed by atoms with Crippen molar-refractivity contribution in [2.45, 2.75) is 57.1 Å². The standard InChI is InChI=1S/C19H26N4O3S2/c1-4-9-20-16(25)11(2)21-14(24)10-27-19-22-17-15(18(26)23(19)3)12-7-5-6-8-13(12)28-17/h11H,4-10H2,1-3H3,(H,20,25)(H,21,24)/t11-/m0/s1. The van der Waals surface area contributed by atoms with Crippen LogP contribution in [0.25, 0.3) is 10.2 Å². The molecule has 0 radical (unpaired) electrons. The minimum Gasteiger partial charge on any atom is -0.354 e. The van der Waals surface area contributed by atoms with Gasteiger partial charge in [-0.25, -0.2) is 4.98 Å². The number of carbonyl (C=O) groups is 2. The molecule has 2 amide bonds. The molecule has 2 heterocycles. The molecule has 1 aliphatic rings. The first kappa shape index (κ1) is 20.9. The van der Waals surface area contributed by atoms with Crippen LogP contribution in [0.15, 0.2) is 9.95 Å². The maximum atomic E-state index is 12.9. The molecule has 0 fully saturated rings. The number of rotatable bonds is 7. The highest BCUT2D eigenvalue weighted by Gasteiger charge is 2.22. The fourth-order valence-electron chi connectivity index (χ4n) is 3.28. The van der Waals surface area contributed by atoms with Gasteiger partial charge in [0.2, 0.25) is 11.8 Å². The Labute approximate surface area is 172 Å². The summed E-state index contributed by atoms with van der Waals surface area (Å²) in [4.78, 5) is 43.6. The predicted octanol–water partition coefficient (Wildman–Crippen LogP) is 2.00. The van der Waals surface area contributed by atoms with Gasteiger partial charge in [-0.15, -0.1) is 11.3 Å². The van der Waals surface area contributed by atoms with E-state index in [0.717, 1.165) is 42.3 Å². The van der Waals surface area contributed by atoms with Crippen LogP contribution in [0.3, 0.4) is 0 Å². The minimum atomic E-state index is -0.595. The van der Waals surface area contributed by atoms with Gasteiger partial charge in [-0.1, -0.05) is 18.7 Å². The first-order valence-electron chi connectivity index (χ1n) is 9.63. The summed E-state index contributed by atoms with van der Waals surface area (Å²) in [6.07, 6.45) is 5.08. The average molecular weight is 423 g/mol. The molecule has 3 rings (SSSR count). The average Bonchev–Trinajstić information content (AvgIpc) is 3.06. The van der Waals surface area contributed by atoms with E-state index >= 15 is 0 Å². The number of aromatic nitrogens is 2. The molecule has 2 aromatic rings. The van der Waals surface area contributed by atoms with E-state index in [-0.39, 0.29) is 23.1 Å². The van der Waals surface area contributed by atoms with Gasteiger partial charge in [0.1, 0.15) is 10.9 Å². The summed E-state index contributed by atoms with van der Waals surface area (Å²) in [6, 6.07) is -0.595.